The number of anilines is 1. The van der Waals surface area contributed by atoms with Crippen molar-refractivity contribution in [3.05, 3.63) is 29.6 Å². The highest BCUT2D eigenvalue weighted by molar-refractivity contribution is 6.18. The number of benzene rings is 1. The Morgan fingerprint density at radius 3 is 2.61 bits per heavy atom. The van der Waals surface area contributed by atoms with Crippen LogP contribution in [0.15, 0.2) is 18.2 Å². The molecule has 0 saturated carbocycles. The molecule has 0 bridgehead atoms. The molecule has 0 spiro atoms. The Morgan fingerprint density at radius 2 is 2.06 bits per heavy atom. The number of nitrogens with one attached hydrogen (secondary N) is 1. The number of hydrogen-bond acceptors (Lipinski definition) is 4. The summed E-state index contributed by atoms with van der Waals surface area (Å²) in [5, 5.41) is 12.3. The highest BCUT2D eigenvalue weighted by Crippen LogP contribution is 2.28. The number of alkyl halides is 1. The van der Waals surface area contributed by atoms with Gasteiger partial charge in [-0.2, -0.15) is 0 Å². The summed E-state index contributed by atoms with van der Waals surface area (Å²) in [6, 6.07) is 4.57. The molecule has 18 heavy (non-hydrogen) atoms. The van der Waals surface area contributed by atoms with Gasteiger partial charge < -0.3 is 19.9 Å². The number of rotatable bonds is 7. The lowest BCUT2D eigenvalue weighted by atomic mass is 10.1. The van der Waals surface area contributed by atoms with Crippen LogP contribution < -0.4 is 5.32 Å². The van der Waals surface area contributed by atoms with E-state index in [-0.39, 0.29) is 18.0 Å². The maximum atomic E-state index is 13.8. The van der Waals surface area contributed by atoms with Crippen LogP contribution in [0.4, 0.5) is 10.1 Å². The largest absolute Gasteiger partial charge is 0.390 e. The summed E-state index contributed by atoms with van der Waals surface area (Å²) in [6.45, 7) is 0.222. The van der Waals surface area contributed by atoms with Crippen LogP contribution in [0.25, 0.3) is 0 Å². The maximum Gasteiger partial charge on any atom is 0.187 e. The summed E-state index contributed by atoms with van der Waals surface area (Å²) < 4.78 is 23.9. The SMILES string of the molecule is COC(OC)c1c(F)cccc1NCC(O)CCl. The van der Waals surface area contributed by atoms with E-state index in [2.05, 4.69) is 5.32 Å². The molecule has 102 valence electrons. The van der Waals surface area contributed by atoms with Crippen molar-refractivity contribution in [1.82, 2.24) is 0 Å². The number of hydrogen-bond donors (Lipinski definition) is 2. The Morgan fingerprint density at radius 1 is 1.39 bits per heavy atom. The van der Waals surface area contributed by atoms with E-state index in [9.17, 15) is 9.50 Å². The second-order valence-electron chi connectivity index (χ2n) is 3.69. The van der Waals surface area contributed by atoms with Gasteiger partial charge in [-0.15, -0.1) is 11.6 Å². The van der Waals surface area contributed by atoms with Crippen molar-refractivity contribution in [3.63, 3.8) is 0 Å². The number of aliphatic hydroxyl groups is 1. The molecular weight excluding hydrogens is 261 g/mol. The Balaban J connectivity index is 2.92. The van der Waals surface area contributed by atoms with E-state index in [4.69, 9.17) is 21.1 Å². The first kappa shape index (κ1) is 15.2. The van der Waals surface area contributed by atoms with Gasteiger partial charge in [0.25, 0.3) is 0 Å². The second kappa shape index (κ2) is 7.53. The Bertz CT molecular complexity index is 374. The van der Waals surface area contributed by atoms with E-state index in [1.807, 2.05) is 0 Å². The van der Waals surface area contributed by atoms with E-state index >= 15 is 0 Å². The molecule has 0 fully saturated rings. The lowest BCUT2D eigenvalue weighted by Crippen LogP contribution is -2.22. The lowest BCUT2D eigenvalue weighted by Gasteiger charge is -2.20. The molecule has 0 radical (unpaired) electrons. The van der Waals surface area contributed by atoms with E-state index in [1.165, 1.54) is 20.3 Å². The molecule has 4 nitrogen and oxygen atoms in total. The minimum atomic E-state index is -0.804. The average molecular weight is 278 g/mol. The normalized spacial score (nSPS) is 12.8. The molecule has 2 N–H and O–H groups in total. The summed E-state index contributed by atoms with van der Waals surface area (Å²) in [6.07, 6.45) is -1.51. The molecule has 0 saturated heterocycles. The molecule has 1 atom stereocenters. The van der Waals surface area contributed by atoms with Gasteiger partial charge >= 0.3 is 0 Å². The van der Waals surface area contributed by atoms with Crippen molar-refractivity contribution < 1.29 is 19.0 Å². The van der Waals surface area contributed by atoms with Gasteiger partial charge in [-0.05, 0) is 12.1 Å². The smallest absolute Gasteiger partial charge is 0.187 e. The van der Waals surface area contributed by atoms with Crippen LogP contribution in [0.3, 0.4) is 0 Å². The third-order valence-electron chi connectivity index (χ3n) is 2.42. The van der Waals surface area contributed by atoms with Gasteiger partial charge in [0.2, 0.25) is 0 Å². The molecule has 0 amide bonds. The quantitative estimate of drug-likeness (QED) is 0.592. The van der Waals surface area contributed by atoms with Gasteiger partial charge in [0.15, 0.2) is 6.29 Å². The van der Waals surface area contributed by atoms with Gasteiger partial charge in [0, 0.05) is 26.5 Å². The van der Waals surface area contributed by atoms with Gasteiger partial charge in [-0.3, -0.25) is 0 Å². The first-order chi connectivity index (χ1) is 8.63. The van der Waals surface area contributed by atoms with E-state index in [0.29, 0.717) is 5.69 Å². The molecule has 0 heterocycles. The molecule has 0 aliphatic carbocycles. The van der Waals surface area contributed by atoms with Crippen molar-refractivity contribution in [2.45, 2.75) is 12.4 Å². The molecule has 1 aromatic carbocycles. The van der Waals surface area contributed by atoms with Crippen LogP contribution in [0, 0.1) is 5.82 Å². The van der Waals surface area contributed by atoms with Gasteiger partial charge in [0.1, 0.15) is 5.82 Å². The standard InChI is InChI=1S/C12H17ClFNO3/c1-17-12(18-2)11-9(14)4-3-5-10(11)15-7-8(16)6-13/h3-5,8,12,15-16H,6-7H2,1-2H3. The van der Waals surface area contributed by atoms with Crippen molar-refractivity contribution in [2.24, 2.45) is 0 Å². The van der Waals surface area contributed by atoms with Crippen LogP contribution >= 0.6 is 11.6 Å². The van der Waals surface area contributed by atoms with Crippen molar-refractivity contribution in [3.8, 4) is 0 Å². The molecule has 1 aromatic rings. The van der Waals surface area contributed by atoms with Crippen LogP contribution in [-0.4, -0.2) is 37.9 Å². The number of ether oxygens (including phenoxy) is 2. The summed E-state index contributed by atoms with van der Waals surface area (Å²) in [5.74, 6) is -0.329. The van der Waals surface area contributed by atoms with E-state index in [0.717, 1.165) is 0 Å². The average Bonchev–Trinajstić information content (AvgIpc) is 2.39. The third kappa shape index (κ3) is 3.81. The fourth-order valence-electron chi connectivity index (χ4n) is 1.54. The molecular formula is C12H17ClFNO3. The van der Waals surface area contributed by atoms with Crippen molar-refractivity contribution in [1.29, 1.82) is 0 Å². The zero-order chi connectivity index (χ0) is 13.5. The van der Waals surface area contributed by atoms with Crippen LogP contribution in [0.5, 0.6) is 0 Å². The van der Waals surface area contributed by atoms with E-state index in [1.54, 1.807) is 12.1 Å². The van der Waals surface area contributed by atoms with Gasteiger partial charge in [-0.25, -0.2) is 4.39 Å². The van der Waals surface area contributed by atoms with Crippen LogP contribution in [0.2, 0.25) is 0 Å². The third-order valence-corrected chi connectivity index (χ3v) is 2.78. The minimum Gasteiger partial charge on any atom is -0.390 e. The summed E-state index contributed by atoms with van der Waals surface area (Å²) in [4.78, 5) is 0. The highest BCUT2D eigenvalue weighted by atomic mass is 35.5. The topological polar surface area (TPSA) is 50.7 Å². The lowest BCUT2D eigenvalue weighted by molar-refractivity contribution is -0.107. The monoisotopic (exact) mass is 277 g/mol. The second-order valence-corrected chi connectivity index (χ2v) is 4.00. The summed E-state index contributed by atoms with van der Waals surface area (Å²) >= 11 is 5.49. The first-order valence-corrected chi connectivity index (χ1v) is 5.99. The minimum absolute atomic E-state index is 0.107. The van der Waals surface area contributed by atoms with Crippen molar-refractivity contribution >= 4 is 17.3 Å². The molecule has 1 rings (SSSR count). The summed E-state index contributed by atoms with van der Waals surface area (Å²) in [5.41, 5.74) is 0.775. The van der Waals surface area contributed by atoms with Crippen LogP contribution in [-0.2, 0) is 9.47 Å². The van der Waals surface area contributed by atoms with Gasteiger partial charge in [0.05, 0.1) is 17.5 Å². The molecule has 1 unspecified atom stereocenters. The molecule has 6 heteroatoms. The fourth-order valence-corrected chi connectivity index (χ4v) is 1.65. The fraction of sp³-hybridized carbons (Fsp3) is 0.500. The predicted octanol–water partition coefficient (Wildman–Crippen LogP) is 2.13. The highest BCUT2D eigenvalue weighted by Gasteiger charge is 2.19. The Hall–Kier alpha value is -0.880. The molecule has 0 aromatic heterocycles. The molecule has 0 aliphatic heterocycles. The zero-order valence-electron chi connectivity index (χ0n) is 10.3. The Labute approximate surface area is 111 Å². The maximum absolute atomic E-state index is 13.8. The van der Waals surface area contributed by atoms with Crippen molar-refractivity contribution in [2.75, 3.05) is 32.0 Å². The predicted molar refractivity (Wildman–Crippen MR) is 68.4 cm³/mol. The zero-order valence-corrected chi connectivity index (χ0v) is 11.1. The number of halogens is 2. The molecule has 0 aliphatic rings. The first-order valence-electron chi connectivity index (χ1n) is 5.46. The number of aliphatic hydroxyl groups excluding tert-OH is 1. The van der Waals surface area contributed by atoms with Gasteiger partial charge in [-0.1, -0.05) is 6.07 Å². The summed E-state index contributed by atoms with van der Waals surface area (Å²) in [7, 11) is 2.86. The van der Waals surface area contributed by atoms with Crippen LogP contribution in [0.1, 0.15) is 11.9 Å². The number of methoxy groups -OCH3 is 2. The van der Waals surface area contributed by atoms with E-state index < -0.39 is 18.2 Å². The Kier molecular flexibility index (Phi) is 6.35.